The summed E-state index contributed by atoms with van der Waals surface area (Å²) in [5, 5.41) is 5.96. The molecule has 4 saturated carbocycles. The number of piperidine rings is 1. The zero-order chi connectivity index (χ0) is 20.6. The fourth-order valence-electron chi connectivity index (χ4n) is 6.95. The molecular formula is C24H34N4O2. The SMILES string of the molecule is O=C(CNC(=O)C12CC3CC(CC(C3)C1)C2)NCc1cccnc1N1CCCCC1. The van der Waals surface area contributed by atoms with Gasteiger partial charge in [-0.05, 0) is 81.6 Å². The number of hydrogen-bond acceptors (Lipinski definition) is 4. The van der Waals surface area contributed by atoms with Gasteiger partial charge in [0.2, 0.25) is 11.8 Å². The fourth-order valence-corrected chi connectivity index (χ4v) is 6.95. The molecule has 30 heavy (non-hydrogen) atoms. The van der Waals surface area contributed by atoms with E-state index < -0.39 is 0 Å². The Labute approximate surface area is 179 Å². The van der Waals surface area contributed by atoms with Crippen molar-refractivity contribution in [1.29, 1.82) is 0 Å². The molecule has 1 aromatic heterocycles. The second-order valence-electron chi connectivity index (χ2n) is 10.2. The molecule has 0 spiro atoms. The molecule has 0 radical (unpaired) electrons. The average Bonchev–Trinajstić information content (AvgIpc) is 2.76. The third-order valence-electron chi connectivity index (χ3n) is 7.93. The lowest BCUT2D eigenvalue weighted by atomic mass is 9.49. The summed E-state index contributed by atoms with van der Waals surface area (Å²) in [6.07, 6.45) is 12.5. The van der Waals surface area contributed by atoms with E-state index in [4.69, 9.17) is 0 Å². The van der Waals surface area contributed by atoms with Crippen LogP contribution in [0.1, 0.15) is 63.4 Å². The van der Waals surface area contributed by atoms with Gasteiger partial charge in [-0.25, -0.2) is 4.98 Å². The number of pyridine rings is 1. The quantitative estimate of drug-likeness (QED) is 0.756. The van der Waals surface area contributed by atoms with Crippen LogP contribution in [0, 0.1) is 23.2 Å². The summed E-state index contributed by atoms with van der Waals surface area (Å²) in [6, 6.07) is 3.95. The lowest BCUT2D eigenvalue weighted by molar-refractivity contribution is -0.147. The Balaban J connectivity index is 1.14. The monoisotopic (exact) mass is 410 g/mol. The maximum Gasteiger partial charge on any atom is 0.239 e. The molecule has 5 aliphatic rings. The van der Waals surface area contributed by atoms with Crippen molar-refractivity contribution in [2.24, 2.45) is 23.2 Å². The molecule has 6 nitrogen and oxygen atoms in total. The van der Waals surface area contributed by atoms with E-state index in [2.05, 4.69) is 20.5 Å². The molecule has 6 rings (SSSR count). The standard InChI is InChI=1S/C24H34N4O2/c29-21(26-15-20-5-4-6-25-22(20)28-7-2-1-3-8-28)16-27-23(30)24-12-17-9-18(13-24)11-19(10-17)14-24/h4-6,17-19H,1-3,7-16H2,(H,26,29)(H,27,30). The van der Waals surface area contributed by atoms with E-state index in [1.54, 1.807) is 0 Å². The van der Waals surface area contributed by atoms with Gasteiger partial charge in [-0.2, -0.15) is 0 Å². The minimum Gasteiger partial charge on any atom is -0.356 e. The van der Waals surface area contributed by atoms with Crippen molar-refractivity contribution in [1.82, 2.24) is 15.6 Å². The highest BCUT2D eigenvalue weighted by atomic mass is 16.2. The van der Waals surface area contributed by atoms with Crippen LogP contribution in [0.4, 0.5) is 5.82 Å². The highest BCUT2D eigenvalue weighted by Crippen LogP contribution is 2.60. The van der Waals surface area contributed by atoms with E-state index in [-0.39, 0.29) is 23.8 Å². The van der Waals surface area contributed by atoms with E-state index in [9.17, 15) is 9.59 Å². The van der Waals surface area contributed by atoms with E-state index >= 15 is 0 Å². The largest absolute Gasteiger partial charge is 0.356 e. The average molecular weight is 411 g/mol. The maximum absolute atomic E-state index is 13.0. The highest BCUT2D eigenvalue weighted by Gasteiger charge is 2.54. The van der Waals surface area contributed by atoms with Crippen molar-refractivity contribution < 1.29 is 9.59 Å². The predicted molar refractivity (Wildman–Crippen MR) is 116 cm³/mol. The lowest BCUT2D eigenvalue weighted by Crippen LogP contribution is -2.54. The summed E-state index contributed by atoms with van der Waals surface area (Å²) in [6.45, 7) is 2.57. The van der Waals surface area contributed by atoms with Gasteiger partial charge in [0, 0.05) is 36.8 Å². The molecule has 0 atom stereocenters. The summed E-state index contributed by atoms with van der Waals surface area (Å²) in [5.41, 5.74) is 0.847. The van der Waals surface area contributed by atoms with Crippen molar-refractivity contribution in [2.75, 3.05) is 24.5 Å². The number of nitrogens with zero attached hydrogens (tertiary/aromatic N) is 2. The number of carbonyl (C=O) groups is 2. The van der Waals surface area contributed by atoms with Crippen LogP contribution in [0.3, 0.4) is 0 Å². The highest BCUT2D eigenvalue weighted by molar-refractivity contribution is 5.88. The van der Waals surface area contributed by atoms with Gasteiger partial charge >= 0.3 is 0 Å². The summed E-state index contributed by atoms with van der Waals surface area (Å²) in [5.74, 6) is 3.17. The molecule has 2 heterocycles. The van der Waals surface area contributed by atoms with Crippen LogP contribution in [0.15, 0.2) is 18.3 Å². The first-order valence-corrected chi connectivity index (χ1v) is 11.9. The van der Waals surface area contributed by atoms with Gasteiger partial charge in [-0.15, -0.1) is 0 Å². The van der Waals surface area contributed by atoms with Crippen molar-refractivity contribution in [2.45, 2.75) is 64.3 Å². The summed E-state index contributed by atoms with van der Waals surface area (Å²) in [4.78, 5) is 32.4. The first-order chi connectivity index (χ1) is 14.6. The number of amides is 2. The first kappa shape index (κ1) is 19.8. The van der Waals surface area contributed by atoms with Crippen LogP contribution in [-0.4, -0.2) is 36.4 Å². The van der Waals surface area contributed by atoms with Crippen LogP contribution in [0.5, 0.6) is 0 Å². The molecule has 162 valence electrons. The van der Waals surface area contributed by atoms with Crippen LogP contribution in [0.2, 0.25) is 0 Å². The van der Waals surface area contributed by atoms with Gasteiger partial charge in [0.15, 0.2) is 0 Å². The minimum absolute atomic E-state index is 0.0693. The van der Waals surface area contributed by atoms with Gasteiger partial charge in [0.1, 0.15) is 5.82 Å². The molecule has 1 saturated heterocycles. The van der Waals surface area contributed by atoms with Crippen LogP contribution in [-0.2, 0) is 16.1 Å². The van der Waals surface area contributed by atoms with Crippen LogP contribution in [0.25, 0.3) is 0 Å². The fraction of sp³-hybridized carbons (Fsp3) is 0.708. The second kappa shape index (κ2) is 8.20. The van der Waals surface area contributed by atoms with Crippen molar-refractivity contribution in [3.8, 4) is 0 Å². The molecule has 0 unspecified atom stereocenters. The topological polar surface area (TPSA) is 74.3 Å². The molecule has 6 heteroatoms. The zero-order valence-corrected chi connectivity index (χ0v) is 17.9. The van der Waals surface area contributed by atoms with Gasteiger partial charge < -0.3 is 15.5 Å². The third-order valence-corrected chi connectivity index (χ3v) is 7.93. The normalized spacial score (nSPS) is 32.1. The molecule has 5 fully saturated rings. The second-order valence-corrected chi connectivity index (χ2v) is 10.2. The molecule has 4 aliphatic carbocycles. The summed E-state index contributed by atoms with van der Waals surface area (Å²) < 4.78 is 0. The van der Waals surface area contributed by atoms with Crippen molar-refractivity contribution >= 4 is 17.6 Å². The van der Waals surface area contributed by atoms with Gasteiger partial charge in [-0.1, -0.05) is 6.07 Å². The number of nitrogens with one attached hydrogen (secondary N) is 2. The first-order valence-electron chi connectivity index (χ1n) is 11.9. The Morgan fingerprint density at radius 2 is 1.67 bits per heavy atom. The van der Waals surface area contributed by atoms with E-state index in [1.165, 1.54) is 38.5 Å². The smallest absolute Gasteiger partial charge is 0.239 e. The van der Waals surface area contributed by atoms with E-state index in [0.29, 0.717) is 6.54 Å². The van der Waals surface area contributed by atoms with Crippen LogP contribution >= 0.6 is 0 Å². The molecule has 2 amide bonds. The van der Waals surface area contributed by atoms with E-state index in [1.807, 2.05) is 18.3 Å². The lowest BCUT2D eigenvalue weighted by Gasteiger charge is -2.55. The molecular weight excluding hydrogens is 376 g/mol. The number of hydrogen-bond donors (Lipinski definition) is 2. The molecule has 0 aromatic carbocycles. The van der Waals surface area contributed by atoms with Gasteiger partial charge in [0.25, 0.3) is 0 Å². The number of anilines is 1. The Morgan fingerprint density at radius 1 is 1.00 bits per heavy atom. The van der Waals surface area contributed by atoms with Gasteiger partial charge in [-0.3, -0.25) is 9.59 Å². The Morgan fingerprint density at radius 3 is 2.33 bits per heavy atom. The molecule has 2 N–H and O–H groups in total. The maximum atomic E-state index is 13.0. The van der Waals surface area contributed by atoms with Gasteiger partial charge in [0.05, 0.1) is 6.54 Å². The Kier molecular flexibility index (Phi) is 5.42. The molecule has 1 aromatic rings. The Hall–Kier alpha value is -2.11. The van der Waals surface area contributed by atoms with Crippen LogP contribution < -0.4 is 15.5 Å². The minimum atomic E-state index is -0.195. The van der Waals surface area contributed by atoms with E-state index in [0.717, 1.165) is 61.5 Å². The Bertz CT molecular complexity index is 767. The molecule has 4 bridgehead atoms. The summed E-state index contributed by atoms with van der Waals surface area (Å²) in [7, 11) is 0. The predicted octanol–water partition coefficient (Wildman–Crippen LogP) is 3.02. The zero-order valence-electron chi connectivity index (χ0n) is 17.9. The van der Waals surface area contributed by atoms with Crippen molar-refractivity contribution in [3.63, 3.8) is 0 Å². The number of carbonyl (C=O) groups excluding carboxylic acids is 2. The summed E-state index contributed by atoms with van der Waals surface area (Å²) >= 11 is 0. The van der Waals surface area contributed by atoms with Crippen molar-refractivity contribution in [3.05, 3.63) is 23.9 Å². The number of aromatic nitrogens is 1. The third kappa shape index (κ3) is 3.93. The molecule has 1 aliphatic heterocycles. The number of rotatable bonds is 6.